The lowest BCUT2D eigenvalue weighted by molar-refractivity contribution is -0.143. The van der Waals surface area contributed by atoms with Crippen molar-refractivity contribution >= 4 is 5.91 Å². The summed E-state index contributed by atoms with van der Waals surface area (Å²) >= 11 is 0. The predicted octanol–water partition coefficient (Wildman–Crippen LogP) is 2.35. The summed E-state index contributed by atoms with van der Waals surface area (Å²) in [5, 5.41) is 2.80. The van der Waals surface area contributed by atoms with Gasteiger partial charge < -0.3 is 10.1 Å². The molecule has 1 aliphatic carbocycles. The fraction of sp³-hybridized carbons (Fsp3) is 0.917. The van der Waals surface area contributed by atoms with Gasteiger partial charge in [0.1, 0.15) is 5.60 Å². The molecule has 3 heteroatoms. The van der Waals surface area contributed by atoms with Crippen LogP contribution in [0.25, 0.3) is 0 Å². The second kappa shape index (κ2) is 6.83. The second-order valence-corrected chi connectivity index (χ2v) is 3.44. The van der Waals surface area contributed by atoms with E-state index in [4.69, 9.17) is 4.74 Å². The Morgan fingerprint density at radius 3 is 2.20 bits per heavy atom. The average Bonchev–Trinajstić information content (AvgIpc) is 2.83. The van der Waals surface area contributed by atoms with Crippen LogP contribution in [0.4, 0.5) is 0 Å². The minimum atomic E-state index is -0.402. The molecule has 3 nitrogen and oxygen atoms in total. The zero-order valence-corrected chi connectivity index (χ0v) is 10.7. The van der Waals surface area contributed by atoms with E-state index in [1.165, 1.54) is 0 Å². The molecule has 90 valence electrons. The Bertz CT molecular complexity index is 181. The fourth-order valence-corrected chi connectivity index (χ4v) is 1.96. The molecule has 0 unspecified atom stereocenters. The first kappa shape index (κ1) is 14.4. The van der Waals surface area contributed by atoms with Crippen LogP contribution in [0.5, 0.6) is 0 Å². The van der Waals surface area contributed by atoms with Gasteiger partial charge in [-0.25, -0.2) is 0 Å². The van der Waals surface area contributed by atoms with Crippen LogP contribution < -0.4 is 5.32 Å². The van der Waals surface area contributed by atoms with Crippen LogP contribution in [-0.2, 0) is 9.53 Å². The third-order valence-electron chi connectivity index (χ3n) is 2.58. The second-order valence-electron chi connectivity index (χ2n) is 3.44. The zero-order chi connectivity index (χ0) is 11.9. The molecule has 0 atom stereocenters. The van der Waals surface area contributed by atoms with Crippen LogP contribution in [0.2, 0.25) is 0 Å². The predicted molar refractivity (Wildman–Crippen MR) is 62.8 cm³/mol. The molecule has 1 N–H and O–H groups in total. The molecule has 3 rings (SSSR count). The topological polar surface area (TPSA) is 38.3 Å². The Kier molecular flexibility index (Phi) is 6.57. The highest BCUT2D eigenvalue weighted by Gasteiger charge is 2.56. The van der Waals surface area contributed by atoms with Gasteiger partial charge in [-0.3, -0.25) is 4.79 Å². The molecule has 0 radical (unpaired) electrons. The molecule has 0 aromatic heterocycles. The van der Waals surface area contributed by atoms with Crippen LogP contribution in [0.3, 0.4) is 0 Å². The standard InChI is InChI=1S/C8H13NO2.2C2H6/c1-2-9-7(10)8-3-6(4-8)5-11-8;2*1-2/h6H,2-5H2,1H3,(H,9,10);2*1-2H3. The Balaban J connectivity index is 0.000000442. The molecule has 15 heavy (non-hydrogen) atoms. The van der Waals surface area contributed by atoms with Crippen LogP contribution in [0.15, 0.2) is 0 Å². The van der Waals surface area contributed by atoms with E-state index in [1.807, 2.05) is 34.6 Å². The van der Waals surface area contributed by atoms with E-state index in [0.717, 1.165) is 19.4 Å². The first-order valence-corrected chi connectivity index (χ1v) is 6.19. The highest BCUT2D eigenvalue weighted by atomic mass is 16.5. The number of amides is 1. The van der Waals surface area contributed by atoms with E-state index in [0.29, 0.717) is 12.5 Å². The monoisotopic (exact) mass is 215 g/mol. The minimum Gasteiger partial charge on any atom is -0.365 e. The number of nitrogens with one attached hydrogen (secondary N) is 1. The van der Waals surface area contributed by atoms with Crippen molar-refractivity contribution in [3.8, 4) is 0 Å². The number of hydrogen-bond donors (Lipinski definition) is 1. The summed E-state index contributed by atoms with van der Waals surface area (Å²) in [7, 11) is 0. The summed E-state index contributed by atoms with van der Waals surface area (Å²) in [6, 6.07) is 0. The molecular formula is C12H25NO2. The van der Waals surface area contributed by atoms with E-state index in [-0.39, 0.29) is 5.91 Å². The van der Waals surface area contributed by atoms with Gasteiger partial charge in [0, 0.05) is 6.54 Å². The van der Waals surface area contributed by atoms with Gasteiger partial charge in [-0.05, 0) is 25.7 Å². The molecule has 3 aliphatic rings. The lowest BCUT2D eigenvalue weighted by atomic mass is 9.74. The van der Waals surface area contributed by atoms with E-state index in [1.54, 1.807) is 0 Å². The smallest absolute Gasteiger partial charge is 0.252 e. The maximum atomic E-state index is 11.4. The number of hydrogen-bond acceptors (Lipinski definition) is 2. The maximum Gasteiger partial charge on any atom is 0.252 e. The van der Waals surface area contributed by atoms with Gasteiger partial charge in [0.25, 0.3) is 5.91 Å². The number of carbonyl (C=O) groups is 1. The van der Waals surface area contributed by atoms with Gasteiger partial charge in [0.05, 0.1) is 6.61 Å². The number of fused-ring (bicyclic) bond motifs is 1. The highest BCUT2D eigenvalue weighted by molar-refractivity contribution is 5.86. The van der Waals surface area contributed by atoms with Crippen molar-refractivity contribution in [2.45, 2.75) is 53.1 Å². The van der Waals surface area contributed by atoms with E-state index < -0.39 is 5.60 Å². The Morgan fingerprint density at radius 2 is 1.87 bits per heavy atom. The first-order valence-electron chi connectivity index (χ1n) is 6.19. The number of carbonyl (C=O) groups excluding carboxylic acids is 1. The number of ether oxygens (including phenoxy) is 1. The molecule has 2 heterocycles. The minimum absolute atomic E-state index is 0.0914. The van der Waals surface area contributed by atoms with Gasteiger partial charge in [0.15, 0.2) is 0 Å². The van der Waals surface area contributed by atoms with Crippen molar-refractivity contribution < 1.29 is 9.53 Å². The number of rotatable bonds is 2. The Labute approximate surface area is 93.6 Å². The Hall–Kier alpha value is -0.570. The highest BCUT2D eigenvalue weighted by Crippen LogP contribution is 2.48. The molecular weight excluding hydrogens is 190 g/mol. The molecule has 2 aliphatic heterocycles. The largest absolute Gasteiger partial charge is 0.365 e. The van der Waals surface area contributed by atoms with Gasteiger partial charge >= 0.3 is 0 Å². The average molecular weight is 215 g/mol. The normalized spacial score (nSPS) is 30.1. The maximum absolute atomic E-state index is 11.4. The molecule has 3 fully saturated rings. The molecule has 1 amide bonds. The molecule has 1 saturated carbocycles. The summed E-state index contributed by atoms with van der Waals surface area (Å²) in [5.41, 5.74) is -0.402. The SMILES string of the molecule is CC.CC.CCNC(=O)C12CC(CO1)C2. The lowest BCUT2D eigenvalue weighted by Crippen LogP contribution is -2.51. The number of likely N-dealkylation sites (N-methyl/N-ethyl adjacent to an activating group) is 1. The van der Waals surface area contributed by atoms with Crippen molar-refractivity contribution in [1.29, 1.82) is 0 Å². The third-order valence-corrected chi connectivity index (χ3v) is 2.58. The molecule has 0 spiro atoms. The molecule has 2 bridgehead atoms. The quantitative estimate of drug-likeness (QED) is 0.768. The van der Waals surface area contributed by atoms with E-state index in [9.17, 15) is 4.79 Å². The van der Waals surface area contributed by atoms with Gasteiger partial charge in [-0.1, -0.05) is 27.7 Å². The van der Waals surface area contributed by atoms with Crippen molar-refractivity contribution in [3.05, 3.63) is 0 Å². The van der Waals surface area contributed by atoms with Crippen molar-refractivity contribution in [2.75, 3.05) is 13.2 Å². The molecule has 0 aromatic rings. The van der Waals surface area contributed by atoms with Crippen LogP contribution in [0.1, 0.15) is 47.5 Å². The van der Waals surface area contributed by atoms with Crippen LogP contribution >= 0.6 is 0 Å². The summed E-state index contributed by atoms with van der Waals surface area (Å²) in [6.45, 7) is 11.4. The van der Waals surface area contributed by atoms with Crippen molar-refractivity contribution in [2.24, 2.45) is 5.92 Å². The van der Waals surface area contributed by atoms with Gasteiger partial charge in [-0.2, -0.15) is 0 Å². The van der Waals surface area contributed by atoms with Crippen LogP contribution in [0, 0.1) is 5.92 Å². The first-order chi connectivity index (χ1) is 7.27. The molecule has 2 saturated heterocycles. The summed E-state index contributed by atoms with van der Waals surface area (Å²) in [4.78, 5) is 11.4. The zero-order valence-electron chi connectivity index (χ0n) is 10.7. The van der Waals surface area contributed by atoms with Crippen molar-refractivity contribution in [1.82, 2.24) is 5.32 Å². The summed E-state index contributed by atoms with van der Waals surface area (Å²) in [6.07, 6.45) is 1.89. The summed E-state index contributed by atoms with van der Waals surface area (Å²) in [5.74, 6) is 0.756. The molecule has 0 aromatic carbocycles. The Morgan fingerprint density at radius 1 is 1.33 bits per heavy atom. The van der Waals surface area contributed by atoms with Crippen molar-refractivity contribution in [3.63, 3.8) is 0 Å². The lowest BCUT2D eigenvalue weighted by Gasteiger charge is -2.33. The fourth-order valence-electron chi connectivity index (χ4n) is 1.96. The third kappa shape index (κ3) is 2.94. The summed E-state index contributed by atoms with van der Waals surface area (Å²) < 4.78 is 5.42. The van der Waals surface area contributed by atoms with Crippen LogP contribution in [-0.4, -0.2) is 24.7 Å². The van der Waals surface area contributed by atoms with E-state index >= 15 is 0 Å². The van der Waals surface area contributed by atoms with Gasteiger partial charge in [0.2, 0.25) is 0 Å². The van der Waals surface area contributed by atoms with E-state index in [2.05, 4.69) is 5.32 Å². The van der Waals surface area contributed by atoms with Gasteiger partial charge in [-0.15, -0.1) is 0 Å².